The molecule has 3 N–H and O–H groups in total. The van der Waals surface area contributed by atoms with Crippen molar-refractivity contribution in [2.45, 2.75) is 19.8 Å². The summed E-state index contributed by atoms with van der Waals surface area (Å²) in [4.78, 5) is 0. The molecule has 0 aliphatic carbocycles. The van der Waals surface area contributed by atoms with Crippen LogP contribution in [0.2, 0.25) is 0 Å². The van der Waals surface area contributed by atoms with Crippen molar-refractivity contribution < 1.29 is 13.2 Å². The van der Waals surface area contributed by atoms with E-state index in [2.05, 4.69) is 11.6 Å². The Hall–Kier alpha value is -1.47. The Balaban J connectivity index is 2.21. The molecule has 0 saturated carbocycles. The number of piperidine rings is 1. The van der Waals surface area contributed by atoms with Crippen LogP contribution in [0.5, 0.6) is 5.75 Å². The van der Waals surface area contributed by atoms with Gasteiger partial charge in [0.1, 0.15) is 5.75 Å². The van der Waals surface area contributed by atoms with Crippen molar-refractivity contribution in [3.63, 3.8) is 0 Å². The molecule has 0 spiro atoms. The minimum Gasteiger partial charge on any atom is -0.495 e. The van der Waals surface area contributed by atoms with Gasteiger partial charge in [0, 0.05) is 18.8 Å². The highest BCUT2D eigenvalue weighted by Crippen LogP contribution is 2.29. The number of nitrogens with one attached hydrogen (secondary N) is 1. The van der Waals surface area contributed by atoms with Crippen LogP contribution in [-0.2, 0) is 10.2 Å². The fourth-order valence-electron chi connectivity index (χ4n) is 2.37. The first-order valence-corrected chi connectivity index (χ1v) is 8.08. The van der Waals surface area contributed by atoms with Crippen LogP contribution in [0, 0.1) is 5.92 Å². The molecule has 1 aliphatic heterocycles. The Labute approximate surface area is 120 Å². The molecular formula is C13H21N3O3S. The molecule has 112 valence electrons. The van der Waals surface area contributed by atoms with Crippen LogP contribution in [0.1, 0.15) is 19.8 Å². The zero-order valence-corrected chi connectivity index (χ0v) is 12.6. The molecule has 1 aromatic rings. The average Bonchev–Trinajstić information content (AvgIpc) is 2.38. The van der Waals surface area contributed by atoms with Crippen LogP contribution in [-0.4, -0.2) is 32.9 Å². The average molecular weight is 299 g/mol. The summed E-state index contributed by atoms with van der Waals surface area (Å²) in [5.74, 6) is 0.830. The van der Waals surface area contributed by atoms with E-state index in [0.29, 0.717) is 36.1 Å². The Morgan fingerprint density at radius 1 is 1.45 bits per heavy atom. The van der Waals surface area contributed by atoms with E-state index in [4.69, 9.17) is 10.5 Å². The van der Waals surface area contributed by atoms with Gasteiger partial charge in [0.15, 0.2) is 0 Å². The molecule has 0 bridgehead atoms. The minimum absolute atomic E-state index is 0.366. The van der Waals surface area contributed by atoms with Crippen LogP contribution in [0.25, 0.3) is 0 Å². The summed E-state index contributed by atoms with van der Waals surface area (Å²) in [6.07, 6.45) is 1.95. The largest absolute Gasteiger partial charge is 0.495 e. The van der Waals surface area contributed by atoms with Crippen LogP contribution in [0.3, 0.4) is 0 Å². The Bertz CT molecular complexity index is 574. The molecular weight excluding hydrogens is 278 g/mol. The number of hydrogen-bond donors (Lipinski definition) is 2. The van der Waals surface area contributed by atoms with Crippen molar-refractivity contribution in [2.75, 3.05) is 30.7 Å². The van der Waals surface area contributed by atoms with E-state index in [1.165, 1.54) is 11.4 Å². The van der Waals surface area contributed by atoms with Crippen molar-refractivity contribution in [3.8, 4) is 5.75 Å². The Kier molecular flexibility index (Phi) is 4.39. The van der Waals surface area contributed by atoms with E-state index < -0.39 is 10.2 Å². The van der Waals surface area contributed by atoms with Gasteiger partial charge in [-0.2, -0.15) is 12.7 Å². The Morgan fingerprint density at radius 2 is 2.20 bits per heavy atom. The summed E-state index contributed by atoms with van der Waals surface area (Å²) >= 11 is 0. The van der Waals surface area contributed by atoms with E-state index in [9.17, 15) is 8.42 Å². The zero-order valence-electron chi connectivity index (χ0n) is 11.8. The molecule has 0 amide bonds. The van der Waals surface area contributed by atoms with Crippen LogP contribution in [0.15, 0.2) is 18.2 Å². The molecule has 1 saturated heterocycles. The number of hydrogen-bond acceptors (Lipinski definition) is 4. The lowest BCUT2D eigenvalue weighted by molar-refractivity contribution is 0.282. The summed E-state index contributed by atoms with van der Waals surface area (Å²) in [6.45, 7) is 3.15. The summed E-state index contributed by atoms with van der Waals surface area (Å²) < 4.78 is 34.0. The SMILES string of the molecule is COc1ccc(N)cc1NS(=O)(=O)N1CCCC(C)C1. The first-order chi connectivity index (χ1) is 9.42. The van der Waals surface area contributed by atoms with Gasteiger partial charge in [0.2, 0.25) is 0 Å². The predicted molar refractivity (Wildman–Crippen MR) is 79.9 cm³/mol. The van der Waals surface area contributed by atoms with Crippen molar-refractivity contribution in [2.24, 2.45) is 5.92 Å². The number of rotatable bonds is 4. The van der Waals surface area contributed by atoms with Crippen LogP contribution >= 0.6 is 0 Å². The van der Waals surface area contributed by atoms with Gasteiger partial charge < -0.3 is 10.5 Å². The molecule has 1 aliphatic rings. The quantitative estimate of drug-likeness (QED) is 0.828. The monoisotopic (exact) mass is 299 g/mol. The standard InChI is InChI=1S/C13H21N3O3S/c1-10-4-3-7-16(9-10)20(17,18)15-12-8-11(14)5-6-13(12)19-2/h5-6,8,10,15H,3-4,7,9,14H2,1-2H3. The highest BCUT2D eigenvalue weighted by atomic mass is 32.2. The molecule has 1 aromatic carbocycles. The van der Waals surface area contributed by atoms with Crippen molar-refractivity contribution in [1.29, 1.82) is 0 Å². The van der Waals surface area contributed by atoms with Gasteiger partial charge in [0.25, 0.3) is 0 Å². The molecule has 2 rings (SSSR count). The first kappa shape index (κ1) is 14.9. The number of methoxy groups -OCH3 is 1. The third-order valence-electron chi connectivity index (χ3n) is 3.42. The molecule has 1 fully saturated rings. The molecule has 1 atom stereocenters. The lowest BCUT2D eigenvalue weighted by Gasteiger charge is -2.30. The van der Waals surface area contributed by atoms with E-state index in [0.717, 1.165) is 12.8 Å². The van der Waals surface area contributed by atoms with Gasteiger partial charge in [-0.25, -0.2) is 0 Å². The van der Waals surface area contributed by atoms with Crippen LogP contribution < -0.4 is 15.2 Å². The fourth-order valence-corrected chi connectivity index (χ4v) is 3.76. The van der Waals surface area contributed by atoms with E-state index in [1.54, 1.807) is 18.2 Å². The third kappa shape index (κ3) is 3.34. The van der Waals surface area contributed by atoms with Gasteiger partial charge in [-0.15, -0.1) is 0 Å². The van der Waals surface area contributed by atoms with Crippen LogP contribution in [0.4, 0.5) is 11.4 Å². The molecule has 1 heterocycles. The molecule has 0 radical (unpaired) electrons. The van der Waals surface area contributed by atoms with Gasteiger partial charge >= 0.3 is 10.2 Å². The lowest BCUT2D eigenvalue weighted by atomic mass is 10.0. The van der Waals surface area contributed by atoms with Crippen molar-refractivity contribution in [3.05, 3.63) is 18.2 Å². The summed E-state index contributed by atoms with van der Waals surface area (Å²) in [5, 5.41) is 0. The number of benzene rings is 1. The van der Waals surface area contributed by atoms with Gasteiger partial charge in [0.05, 0.1) is 12.8 Å². The van der Waals surface area contributed by atoms with E-state index in [-0.39, 0.29) is 0 Å². The second-order valence-electron chi connectivity index (χ2n) is 5.17. The van der Waals surface area contributed by atoms with Crippen molar-refractivity contribution >= 4 is 21.6 Å². The lowest BCUT2D eigenvalue weighted by Crippen LogP contribution is -2.42. The number of nitrogens with zero attached hydrogens (tertiary/aromatic N) is 1. The molecule has 7 heteroatoms. The maximum atomic E-state index is 12.4. The highest BCUT2D eigenvalue weighted by molar-refractivity contribution is 7.90. The minimum atomic E-state index is -3.57. The second-order valence-corrected chi connectivity index (χ2v) is 6.84. The van der Waals surface area contributed by atoms with E-state index >= 15 is 0 Å². The second kappa shape index (κ2) is 5.88. The molecule has 0 aromatic heterocycles. The molecule has 1 unspecified atom stereocenters. The normalized spacial score (nSPS) is 20.6. The summed E-state index contributed by atoms with van der Waals surface area (Å²) in [7, 11) is -2.08. The topological polar surface area (TPSA) is 84.7 Å². The Morgan fingerprint density at radius 3 is 2.85 bits per heavy atom. The maximum Gasteiger partial charge on any atom is 0.301 e. The first-order valence-electron chi connectivity index (χ1n) is 6.64. The predicted octanol–water partition coefficient (Wildman–Crippen LogP) is 1.67. The van der Waals surface area contributed by atoms with Gasteiger partial charge in [-0.05, 0) is 37.0 Å². The maximum absolute atomic E-state index is 12.4. The third-order valence-corrected chi connectivity index (χ3v) is 4.91. The molecule has 6 nitrogen and oxygen atoms in total. The van der Waals surface area contributed by atoms with E-state index in [1.807, 2.05) is 0 Å². The van der Waals surface area contributed by atoms with Gasteiger partial charge in [-0.3, -0.25) is 4.72 Å². The van der Waals surface area contributed by atoms with Gasteiger partial charge in [-0.1, -0.05) is 6.92 Å². The summed E-state index contributed by atoms with van der Waals surface area (Å²) in [6, 6.07) is 4.87. The molecule has 20 heavy (non-hydrogen) atoms. The number of nitrogens with two attached hydrogens (primary N) is 1. The number of ether oxygens (including phenoxy) is 1. The summed E-state index contributed by atoms with van der Waals surface area (Å²) in [5.41, 5.74) is 6.55. The highest BCUT2D eigenvalue weighted by Gasteiger charge is 2.27. The number of anilines is 2. The number of nitrogen functional groups attached to an aromatic ring is 1. The smallest absolute Gasteiger partial charge is 0.301 e. The fraction of sp³-hybridized carbons (Fsp3) is 0.538. The van der Waals surface area contributed by atoms with Crippen molar-refractivity contribution in [1.82, 2.24) is 4.31 Å². The zero-order chi connectivity index (χ0) is 14.8.